The van der Waals surface area contributed by atoms with Crippen molar-refractivity contribution in [3.63, 3.8) is 0 Å². The van der Waals surface area contributed by atoms with Crippen LogP contribution in [0, 0.1) is 0 Å². The minimum atomic E-state index is 0.856. The molecule has 19 heavy (non-hydrogen) atoms. The van der Waals surface area contributed by atoms with Crippen LogP contribution in [-0.2, 0) is 6.42 Å². The van der Waals surface area contributed by atoms with Crippen LogP contribution in [0.4, 0.5) is 0 Å². The van der Waals surface area contributed by atoms with Crippen LogP contribution in [0.5, 0.6) is 0 Å². The van der Waals surface area contributed by atoms with Crippen molar-refractivity contribution in [2.24, 2.45) is 0 Å². The van der Waals surface area contributed by atoms with Crippen LogP contribution in [0.1, 0.15) is 54.9 Å². The largest absolute Gasteiger partial charge is 0.298 e. The van der Waals surface area contributed by atoms with E-state index in [1.165, 1.54) is 43.1 Å². The standard InChI is InChI=1S/C18H22O/c1-2-3-4-5-6-9-17-12-15-10-7-8-11-16(15)13-18(17)14-19/h7-8,10-14H,2-6,9H2,1H3. The molecule has 0 saturated carbocycles. The van der Waals surface area contributed by atoms with E-state index >= 15 is 0 Å². The summed E-state index contributed by atoms with van der Waals surface area (Å²) in [4.78, 5) is 11.2. The maximum absolute atomic E-state index is 11.2. The summed E-state index contributed by atoms with van der Waals surface area (Å²) in [5, 5.41) is 2.39. The first-order chi connectivity index (χ1) is 9.35. The van der Waals surface area contributed by atoms with E-state index in [4.69, 9.17) is 0 Å². The second-order valence-electron chi connectivity index (χ2n) is 5.18. The maximum atomic E-state index is 11.2. The molecule has 0 aliphatic rings. The van der Waals surface area contributed by atoms with Gasteiger partial charge in [0, 0.05) is 5.56 Å². The topological polar surface area (TPSA) is 17.1 Å². The van der Waals surface area contributed by atoms with Gasteiger partial charge in [-0.2, -0.15) is 0 Å². The fourth-order valence-electron chi connectivity index (χ4n) is 2.55. The van der Waals surface area contributed by atoms with Gasteiger partial charge in [0.1, 0.15) is 6.29 Å². The molecule has 0 aliphatic heterocycles. The average Bonchev–Trinajstić information content (AvgIpc) is 2.46. The zero-order valence-electron chi connectivity index (χ0n) is 11.7. The highest BCUT2D eigenvalue weighted by Gasteiger charge is 2.04. The van der Waals surface area contributed by atoms with Crippen LogP contribution in [0.3, 0.4) is 0 Å². The van der Waals surface area contributed by atoms with E-state index < -0.39 is 0 Å². The van der Waals surface area contributed by atoms with Gasteiger partial charge in [0.05, 0.1) is 0 Å². The SMILES string of the molecule is CCCCCCCc1cc2ccccc2cc1C=O. The van der Waals surface area contributed by atoms with Crippen LogP contribution in [0.2, 0.25) is 0 Å². The summed E-state index contributed by atoms with van der Waals surface area (Å²) >= 11 is 0. The number of unbranched alkanes of at least 4 members (excludes halogenated alkanes) is 4. The van der Waals surface area contributed by atoms with Gasteiger partial charge in [0.15, 0.2) is 0 Å². The highest BCUT2D eigenvalue weighted by Crippen LogP contribution is 2.21. The summed E-state index contributed by atoms with van der Waals surface area (Å²) in [5.74, 6) is 0. The number of carbonyl (C=O) groups excluding carboxylic acids is 1. The number of hydrogen-bond donors (Lipinski definition) is 0. The van der Waals surface area contributed by atoms with Crippen LogP contribution < -0.4 is 0 Å². The molecule has 0 spiro atoms. The van der Waals surface area contributed by atoms with Gasteiger partial charge in [-0.15, -0.1) is 0 Å². The number of hydrogen-bond acceptors (Lipinski definition) is 1. The van der Waals surface area contributed by atoms with Gasteiger partial charge in [-0.1, -0.05) is 62.9 Å². The van der Waals surface area contributed by atoms with E-state index in [2.05, 4.69) is 25.1 Å². The highest BCUT2D eigenvalue weighted by molar-refractivity contribution is 5.90. The molecule has 0 heterocycles. The molecule has 0 bridgehead atoms. The van der Waals surface area contributed by atoms with Gasteiger partial charge in [-0.05, 0) is 35.2 Å². The van der Waals surface area contributed by atoms with Crippen molar-refractivity contribution < 1.29 is 4.79 Å². The molecule has 2 aromatic rings. The summed E-state index contributed by atoms with van der Waals surface area (Å²) in [6.07, 6.45) is 8.35. The van der Waals surface area contributed by atoms with E-state index in [0.717, 1.165) is 23.7 Å². The Morgan fingerprint density at radius 1 is 0.947 bits per heavy atom. The normalized spacial score (nSPS) is 10.8. The van der Waals surface area contributed by atoms with Crippen molar-refractivity contribution in [3.8, 4) is 0 Å². The number of aryl methyl sites for hydroxylation is 1. The van der Waals surface area contributed by atoms with Gasteiger partial charge in [0.25, 0.3) is 0 Å². The van der Waals surface area contributed by atoms with Crippen molar-refractivity contribution in [3.05, 3.63) is 47.5 Å². The summed E-state index contributed by atoms with van der Waals surface area (Å²) in [6, 6.07) is 12.4. The van der Waals surface area contributed by atoms with Gasteiger partial charge in [-0.25, -0.2) is 0 Å². The Balaban J connectivity index is 2.10. The Hall–Kier alpha value is -1.63. The third-order valence-corrected chi connectivity index (χ3v) is 3.68. The summed E-state index contributed by atoms with van der Waals surface area (Å²) in [6.45, 7) is 2.23. The van der Waals surface area contributed by atoms with Crippen molar-refractivity contribution in [1.29, 1.82) is 0 Å². The molecular weight excluding hydrogens is 232 g/mol. The first-order valence-electron chi connectivity index (χ1n) is 7.32. The fourth-order valence-corrected chi connectivity index (χ4v) is 2.55. The quantitative estimate of drug-likeness (QED) is 0.492. The van der Waals surface area contributed by atoms with Crippen molar-refractivity contribution in [2.75, 3.05) is 0 Å². The molecule has 0 amide bonds. The monoisotopic (exact) mass is 254 g/mol. The van der Waals surface area contributed by atoms with Crippen LogP contribution in [0.25, 0.3) is 10.8 Å². The number of rotatable bonds is 7. The van der Waals surface area contributed by atoms with E-state index in [-0.39, 0.29) is 0 Å². The van der Waals surface area contributed by atoms with Crippen LogP contribution in [0.15, 0.2) is 36.4 Å². The molecule has 0 fully saturated rings. The summed E-state index contributed by atoms with van der Waals surface area (Å²) < 4.78 is 0. The Kier molecular flexibility index (Phi) is 5.14. The van der Waals surface area contributed by atoms with Crippen LogP contribution >= 0.6 is 0 Å². The molecule has 2 aromatic carbocycles. The first kappa shape index (κ1) is 13.8. The fraction of sp³-hybridized carbons (Fsp3) is 0.389. The summed E-state index contributed by atoms with van der Waals surface area (Å²) in [7, 11) is 0. The molecule has 0 N–H and O–H groups in total. The van der Waals surface area contributed by atoms with E-state index in [0.29, 0.717) is 0 Å². The lowest BCUT2D eigenvalue weighted by Gasteiger charge is -2.07. The van der Waals surface area contributed by atoms with Crippen LogP contribution in [-0.4, -0.2) is 6.29 Å². The van der Waals surface area contributed by atoms with Gasteiger partial charge in [-0.3, -0.25) is 4.79 Å². The average molecular weight is 254 g/mol. The molecule has 0 aromatic heterocycles. The molecule has 0 aliphatic carbocycles. The zero-order chi connectivity index (χ0) is 13.5. The van der Waals surface area contributed by atoms with Gasteiger partial charge >= 0.3 is 0 Å². The van der Waals surface area contributed by atoms with Gasteiger partial charge < -0.3 is 0 Å². The van der Waals surface area contributed by atoms with E-state index in [1.54, 1.807) is 0 Å². The van der Waals surface area contributed by atoms with Gasteiger partial charge in [0.2, 0.25) is 0 Å². The second kappa shape index (κ2) is 7.08. The number of aldehydes is 1. The smallest absolute Gasteiger partial charge is 0.150 e. The van der Waals surface area contributed by atoms with Crippen molar-refractivity contribution >= 4 is 17.1 Å². The predicted octanol–water partition coefficient (Wildman–Crippen LogP) is 5.17. The highest BCUT2D eigenvalue weighted by atomic mass is 16.1. The lowest BCUT2D eigenvalue weighted by molar-refractivity contribution is 0.112. The minimum Gasteiger partial charge on any atom is -0.298 e. The molecule has 0 atom stereocenters. The molecule has 0 radical (unpaired) electrons. The molecule has 0 unspecified atom stereocenters. The molecule has 100 valence electrons. The predicted molar refractivity (Wildman–Crippen MR) is 81.8 cm³/mol. The Morgan fingerprint density at radius 3 is 2.32 bits per heavy atom. The molecule has 1 nitrogen and oxygen atoms in total. The third kappa shape index (κ3) is 3.66. The summed E-state index contributed by atoms with van der Waals surface area (Å²) in [5.41, 5.74) is 2.05. The molecular formula is C18H22O. The molecule has 2 rings (SSSR count). The second-order valence-corrected chi connectivity index (χ2v) is 5.18. The first-order valence-corrected chi connectivity index (χ1v) is 7.32. The number of carbonyl (C=O) groups is 1. The zero-order valence-corrected chi connectivity index (χ0v) is 11.7. The third-order valence-electron chi connectivity index (χ3n) is 3.68. The molecule has 1 heteroatoms. The lowest BCUT2D eigenvalue weighted by Crippen LogP contribution is -1.94. The van der Waals surface area contributed by atoms with E-state index in [1.807, 2.05) is 18.2 Å². The Bertz CT molecular complexity index is 542. The lowest BCUT2D eigenvalue weighted by atomic mass is 9.97. The maximum Gasteiger partial charge on any atom is 0.150 e. The minimum absolute atomic E-state index is 0.856. The number of benzene rings is 2. The van der Waals surface area contributed by atoms with E-state index in [9.17, 15) is 4.79 Å². The number of fused-ring (bicyclic) bond motifs is 1. The Labute approximate surface area is 115 Å². The molecule has 0 saturated heterocycles. The van der Waals surface area contributed by atoms with Crippen molar-refractivity contribution in [1.82, 2.24) is 0 Å². The Morgan fingerprint density at radius 2 is 1.63 bits per heavy atom. The van der Waals surface area contributed by atoms with Crippen molar-refractivity contribution in [2.45, 2.75) is 45.4 Å².